The van der Waals surface area contributed by atoms with Gasteiger partial charge in [0.1, 0.15) is 0 Å². The fourth-order valence-electron chi connectivity index (χ4n) is 8.46. The van der Waals surface area contributed by atoms with E-state index in [0.29, 0.717) is 17.8 Å². The molecular formula is C53H54N2. The standard InChI is InChI=1S/C53H54N2/c1-34(2)37-20-24-41(25-21-37)54(39-16-12-10-13-17-39)49-32-47(35(3)4)43-29-31-46-50(33-48(36(5)6)44-28-30-45(49)51(43)52(44)46)55(40-18-14-11-15-19-40)42-26-22-38(23-27-42)53(7,8)9/h10-36H,1-9H3. The predicted molar refractivity (Wildman–Crippen MR) is 240 cm³/mol. The van der Waals surface area contributed by atoms with E-state index in [1.165, 1.54) is 65.9 Å². The maximum absolute atomic E-state index is 2.47. The zero-order valence-electron chi connectivity index (χ0n) is 34.0. The Labute approximate surface area is 328 Å². The molecule has 0 unspecified atom stereocenters. The van der Waals surface area contributed by atoms with E-state index in [1.807, 2.05) is 0 Å². The van der Waals surface area contributed by atoms with Crippen molar-refractivity contribution in [2.24, 2.45) is 0 Å². The van der Waals surface area contributed by atoms with Crippen LogP contribution in [0.3, 0.4) is 0 Å². The Morgan fingerprint density at radius 1 is 0.382 bits per heavy atom. The molecule has 0 aromatic heterocycles. The number of benzene rings is 8. The van der Waals surface area contributed by atoms with Crippen molar-refractivity contribution in [2.45, 2.75) is 85.5 Å². The third kappa shape index (κ3) is 6.52. The Kier molecular flexibility index (Phi) is 9.42. The molecule has 0 amide bonds. The van der Waals surface area contributed by atoms with Gasteiger partial charge in [-0.1, -0.05) is 147 Å². The van der Waals surface area contributed by atoms with Crippen LogP contribution >= 0.6 is 0 Å². The molecule has 0 saturated carbocycles. The lowest BCUT2D eigenvalue weighted by Gasteiger charge is -2.32. The van der Waals surface area contributed by atoms with E-state index >= 15 is 0 Å². The number of anilines is 6. The molecule has 2 heteroatoms. The Morgan fingerprint density at radius 2 is 0.745 bits per heavy atom. The van der Waals surface area contributed by atoms with Crippen molar-refractivity contribution in [3.8, 4) is 0 Å². The first-order valence-corrected chi connectivity index (χ1v) is 20.1. The molecule has 0 radical (unpaired) electrons. The Morgan fingerprint density at radius 3 is 1.11 bits per heavy atom. The lowest BCUT2D eigenvalue weighted by molar-refractivity contribution is 0.590. The van der Waals surface area contributed by atoms with E-state index in [1.54, 1.807) is 0 Å². The highest BCUT2D eigenvalue weighted by Crippen LogP contribution is 2.51. The van der Waals surface area contributed by atoms with Crippen LogP contribution in [0, 0.1) is 0 Å². The first-order valence-electron chi connectivity index (χ1n) is 20.1. The Hall–Kier alpha value is -5.60. The molecule has 0 aliphatic rings. The molecule has 8 rings (SSSR count). The molecule has 0 fully saturated rings. The SMILES string of the molecule is CC(C)c1ccc(N(c2ccccc2)c2cc(C(C)C)c3ccc4c(N(c5ccccc5)c5ccc(C(C)(C)C)cc5)cc(C(C)C)c5ccc2c3c54)cc1. The summed E-state index contributed by atoms with van der Waals surface area (Å²) in [7, 11) is 0. The van der Waals surface area contributed by atoms with Crippen molar-refractivity contribution in [3.63, 3.8) is 0 Å². The third-order valence-corrected chi connectivity index (χ3v) is 11.5. The molecule has 0 spiro atoms. The smallest absolute Gasteiger partial charge is 0.0543 e. The Balaban J connectivity index is 1.47. The topological polar surface area (TPSA) is 6.48 Å². The molecule has 0 bridgehead atoms. The minimum atomic E-state index is 0.0733. The van der Waals surface area contributed by atoms with Gasteiger partial charge in [-0.05, 0) is 128 Å². The van der Waals surface area contributed by atoms with Gasteiger partial charge in [-0.3, -0.25) is 0 Å². The van der Waals surface area contributed by atoms with Crippen LogP contribution in [-0.2, 0) is 5.41 Å². The van der Waals surface area contributed by atoms with Gasteiger partial charge in [0.05, 0.1) is 11.4 Å². The van der Waals surface area contributed by atoms with E-state index in [0.717, 1.165) is 22.7 Å². The van der Waals surface area contributed by atoms with E-state index in [4.69, 9.17) is 0 Å². The average Bonchev–Trinajstić information content (AvgIpc) is 3.18. The van der Waals surface area contributed by atoms with E-state index < -0.39 is 0 Å². The lowest BCUT2D eigenvalue weighted by atomic mass is 9.84. The summed E-state index contributed by atoms with van der Waals surface area (Å²) in [6, 6.07) is 54.7. The summed E-state index contributed by atoms with van der Waals surface area (Å²) in [6.07, 6.45) is 0. The Bertz CT molecular complexity index is 2570. The van der Waals surface area contributed by atoms with Gasteiger partial charge < -0.3 is 9.80 Å². The van der Waals surface area contributed by atoms with Crippen LogP contribution in [0.4, 0.5) is 34.1 Å². The van der Waals surface area contributed by atoms with Crippen LogP contribution < -0.4 is 9.80 Å². The minimum Gasteiger partial charge on any atom is -0.310 e. The highest BCUT2D eigenvalue weighted by Gasteiger charge is 2.26. The van der Waals surface area contributed by atoms with Crippen LogP contribution in [0.2, 0.25) is 0 Å². The van der Waals surface area contributed by atoms with Crippen LogP contribution in [-0.4, -0.2) is 0 Å². The van der Waals surface area contributed by atoms with Gasteiger partial charge in [-0.25, -0.2) is 0 Å². The first-order chi connectivity index (χ1) is 26.4. The average molecular weight is 719 g/mol. The maximum Gasteiger partial charge on any atom is 0.0543 e. The van der Waals surface area contributed by atoms with E-state index in [9.17, 15) is 0 Å². The molecule has 55 heavy (non-hydrogen) atoms. The summed E-state index contributed by atoms with van der Waals surface area (Å²) < 4.78 is 0. The van der Waals surface area contributed by atoms with Gasteiger partial charge in [0.25, 0.3) is 0 Å². The quantitative estimate of drug-likeness (QED) is 0.137. The van der Waals surface area contributed by atoms with Crippen LogP contribution in [0.1, 0.15) is 102 Å². The van der Waals surface area contributed by atoms with E-state index in [-0.39, 0.29) is 5.41 Å². The summed E-state index contributed by atoms with van der Waals surface area (Å²) in [5, 5.41) is 7.89. The highest BCUT2D eigenvalue weighted by molar-refractivity contribution is 6.29. The second-order valence-electron chi connectivity index (χ2n) is 17.2. The fourth-order valence-corrected chi connectivity index (χ4v) is 8.46. The second-order valence-corrected chi connectivity index (χ2v) is 17.2. The normalized spacial score (nSPS) is 12.2. The number of hydrogen-bond acceptors (Lipinski definition) is 2. The van der Waals surface area contributed by atoms with Crippen molar-refractivity contribution in [2.75, 3.05) is 9.80 Å². The molecular weight excluding hydrogens is 665 g/mol. The molecule has 0 aliphatic heterocycles. The summed E-state index contributed by atoms with van der Waals surface area (Å²) in [4.78, 5) is 4.94. The van der Waals surface area contributed by atoms with Gasteiger partial charge in [0, 0.05) is 33.5 Å². The number of rotatable bonds is 9. The molecule has 0 N–H and O–H groups in total. The maximum atomic E-state index is 2.47. The van der Waals surface area contributed by atoms with Gasteiger partial charge in [-0.15, -0.1) is 0 Å². The summed E-state index contributed by atoms with van der Waals surface area (Å²) in [5.41, 5.74) is 12.5. The molecule has 2 nitrogen and oxygen atoms in total. The monoisotopic (exact) mass is 718 g/mol. The third-order valence-electron chi connectivity index (χ3n) is 11.5. The van der Waals surface area contributed by atoms with Gasteiger partial charge in [0.15, 0.2) is 0 Å². The van der Waals surface area contributed by atoms with Crippen LogP contribution in [0.15, 0.2) is 146 Å². The highest BCUT2D eigenvalue weighted by atomic mass is 15.1. The van der Waals surface area contributed by atoms with Gasteiger partial charge in [0.2, 0.25) is 0 Å². The van der Waals surface area contributed by atoms with Crippen molar-refractivity contribution in [3.05, 3.63) is 168 Å². The largest absolute Gasteiger partial charge is 0.310 e. The molecule has 0 atom stereocenters. The lowest BCUT2D eigenvalue weighted by Crippen LogP contribution is -2.14. The molecule has 276 valence electrons. The summed E-state index contributed by atoms with van der Waals surface area (Å²) in [5.74, 6) is 1.13. The van der Waals surface area contributed by atoms with Gasteiger partial charge >= 0.3 is 0 Å². The summed E-state index contributed by atoms with van der Waals surface area (Å²) in [6.45, 7) is 20.7. The minimum absolute atomic E-state index is 0.0733. The van der Waals surface area contributed by atoms with Gasteiger partial charge in [-0.2, -0.15) is 0 Å². The number of nitrogens with zero attached hydrogens (tertiary/aromatic N) is 2. The molecule has 8 aromatic rings. The summed E-state index contributed by atoms with van der Waals surface area (Å²) >= 11 is 0. The van der Waals surface area contributed by atoms with Crippen LogP contribution in [0.5, 0.6) is 0 Å². The van der Waals surface area contributed by atoms with Crippen molar-refractivity contribution in [1.29, 1.82) is 0 Å². The fraction of sp³-hybridized carbons (Fsp3) is 0.245. The van der Waals surface area contributed by atoms with Crippen molar-refractivity contribution < 1.29 is 0 Å². The first kappa shape index (κ1) is 36.4. The molecule has 0 saturated heterocycles. The zero-order valence-corrected chi connectivity index (χ0v) is 34.0. The molecule has 8 aromatic carbocycles. The number of para-hydroxylation sites is 2. The van der Waals surface area contributed by atoms with E-state index in [2.05, 4.69) is 218 Å². The molecule has 0 heterocycles. The predicted octanol–water partition coefficient (Wildman–Crippen LogP) is 16.2. The number of hydrogen-bond donors (Lipinski definition) is 0. The van der Waals surface area contributed by atoms with Crippen molar-refractivity contribution >= 4 is 66.4 Å². The zero-order chi connectivity index (χ0) is 38.6. The molecule has 0 aliphatic carbocycles. The van der Waals surface area contributed by atoms with Crippen molar-refractivity contribution in [1.82, 2.24) is 0 Å². The second kappa shape index (κ2) is 14.2. The van der Waals surface area contributed by atoms with Crippen LogP contribution in [0.25, 0.3) is 32.3 Å².